The van der Waals surface area contributed by atoms with Crippen molar-refractivity contribution in [2.24, 2.45) is 11.8 Å². The Morgan fingerprint density at radius 1 is 1.50 bits per heavy atom. The number of hydrogen-bond acceptors (Lipinski definition) is 2. The molecule has 2 heteroatoms. The number of hydrogen-bond donors (Lipinski definition) is 2. The zero-order chi connectivity index (χ0) is 9.56. The fourth-order valence-corrected chi connectivity index (χ4v) is 1.37. The number of rotatable bonds is 5. The van der Waals surface area contributed by atoms with Crippen molar-refractivity contribution in [3.63, 3.8) is 0 Å². The quantitative estimate of drug-likeness (QED) is 0.377. The SMILES string of the molecule is CCCC(C)C(C=C(C)C)NN. The molecule has 0 rings (SSSR count). The molecule has 0 bridgehead atoms. The van der Waals surface area contributed by atoms with Gasteiger partial charge in [0.25, 0.3) is 0 Å². The molecule has 0 amide bonds. The van der Waals surface area contributed by atoms with Gasteiger partial charge in [-0.05, 0) is 26.2 Å². The normalized spacial score (nSPS) is 15.4. The first kappa shape index (κ1) is 11.7. The van der Waals surface area contributed by atoms with Crippen molar-refractivity contribution in [2.75, 3.05) is 0 Å². The highest BCUT2D eigenvalue weighted by molar-refractivity contribution is 5.01. The fraction of sp³-hybridized carbons (Fsp3) is 0.800. The van der Waals surface area contributed by atoms with E-state index in [1.54, 1.807) is 0 Å². The molecule has 0 heterocycles. The van der Waals surface area contributed by atoms with Crippen LogP contribution in [0.4, 0.5) is 0 Å². The Hall–Kier alpha value is -0.340. The van der Waals surface area contributed by atoms with Crippen LogP contribution in [0.25, 0.3) is 0 Å². The van der Waals surface area contributed by atoms with E-state index < -0.39 is 0 Å². The summed E-state index contributed by atoms with van der Waals surface area (Å²) in [6.07, 6.45) is 4.63. The van der Waals surface area contributed by atoms with Gasteiger partial charge in [0.1, 0.15) is 0 Å². The Bertz CT molecular complexity index is 137. The van der Waals surface area contributed by atoms with E-state index in [0.29, 0.717) is 12.0 Å². The van der Waals surface area contributed by atoms with Crippen LogP contribution in [0.15, 0.2) is 11.6 Å². The average Bonchev–Trinajstić information content (AvgIpc) is 2.00. The molecule has 0 saturated heterocycles. The van der Waals surface area contributed by atoms with Crippen LogP contribution in [0, 0.1) is 5.92 Å². The first-order valence-electron chi connectivity index (χ1n) is 4.73. The van der Waals surface area contributed by atoms with Gasteiger partial charge < -0.3 is 0 Å². The molecule has 0 aromatic rings. The lowest BCUT2D eigenvalue weighted by Gasteiger charge is -2.19. The molecule has 3 N–H and O–H groups in total. The topological polar surface area (TPSA) is 38.0 Å². The standard InChI is InChI=1S/C10H22N2/c1-5-6-9(4)10(12-11)7-8(2)3/h7,9-10,12H,5-6,11H2,1-4H3. The van der Waals surface area contributed by atoms with Gasteiger partial charge in [0, 0.05) is 6.04 Å². The van der Waals surface area contributed by atoms with Crippen LogP contribution in [0.1, 0.15) is 40.5 Å². The molecule has 0 aliphatic carbocycles. The van der Waals surface area contributed by atoms with Crippen LogP contribution in [-0.4, -0.2) is 6.04 Å². The van der Waals surface area contributed by atoms with Gasteiger partial charge in [-0.25, -0.2) is 0 Å². The predicted octanol–water partition coefficient (Wildman–Crippen LogP) is 2.22. The van der Waals surface area contributed by atoms with Crippen LogP contribution in [0.5, 0.6) is 0 Å². The van der Waals surface area contributed by atoms with E-state index in [9.17, 15) is 0 Å². The van der Waals surface area contributed by atoms with Crippen LogP contribution in [0.2, 0.25) is 0 Å². The molecule has 0 aliphatic rings. The summed E-state index contributed by atoms with van der Waals surface area (Å²) in [6.45, 7) is 8.63. The largest absolute Gasteiger partial charge is 0.271 e. The molecular formula is C10H22N2. The molecule has 2 nitrogen and oxygen atoms in total. The van der Waals surface area contributed by atoms with Crippen molar-refractivity contribution in [1.29, 1.82) is 0 Å². The van der Waals surface area contributed by atoms with Gasteiger partial charge in [-0.1, -0.05) is 31.9 Å². The van der Waals surface area contributed by atoms with Crippen LogP contribution in [-0.2, 0) is 0 Å². The summed E-state index contributed by atoms with van der Waals surface area (Å²) in [5.74, 6) is 6.08. The molecule has 12 heavy (non-hydrogen) atoms. The minimum absolute atomic E-state index is 0.329. The van der Waals surface area contributed by atoms with Gasteiger partial charge in [-0.15, -0.1) is 0 Å². The number of hydrazine groups is 1. The van der Waals surface area contributed by atoms with Gasteiger partial charge in [0.05, 0.1) is 0 Å². The highest BCUT2D eigenvalue weighted by atomic mass is 15.2. The zero-order valence-electron chi connectivity index (χ0n) is 8.72. The van der Waals surface area contributed by atoms with E-state index in [4.69, 9.17) is 5.84 Å². The summed E-state index contributed by atoms with van der Waals surface area (Å²) in [5.41, 5.74) is 4.16. The lowest BCUT2D eigenvalue weighted by molar-refractivity contribution is 0.411. The summed E-state index contributed by atoms with van der Waals surface area (Å²) >= 11 is 0. The maximum absolute atomic E-state index is 5.46. The Labute approximate surface area is 76.2 Å². The average molecular weight is 170 g/mol. The third-order valence-electron chi connectivity index (χ3n) is 2.06. The molecule has 2 unspecified atom stereocenters. The molecular weight excluding hydrogens is 148 g/mol. The van der Waals surface area contributed by atoms with Gasteiger partial charge in [0.2, 0.25) is 0 Å². The Morgan fingerprint density at radius 3 is 2.42 bits per heavy atom. The maximum atomic E-state index is 5.46. The first-order chi connectivity index (χ1) is 5.61. The van der Waals surface area contributed by atoms with Gasteiger partial charge in [-0.3, -0.25) is 11.3 Å². The highest BCUT2D eigenvalue weighted by Gasteiger charge is 2.11. The summed E-state index contributed by atoms with van der Waals surface area (Å²) in [5, 5.41) is 0. The number of allylic oxidation sites excluding steroid dienone is 1. The summed E-state index contributed by atoms with van der Waals surface area (Å²) in [4.78, 5) is 0. The molecule has 72 valence electrons. The fourth-order valence-electron chi connectivity index (χ4n) is 1.37. The van der Waals surface area contributed by atoms with Crippen molar-refractivity contribution in [3.8, 4) is 0 Å². The predicted molar refractivity (Wildman–Crippen MR) is 54.6 cm³/mol. The second-order valence-corrected chi connectivity index (χ2v) is 3.70. The molecule has 0 aromatic carbocycles. The second kappa shape index (κ2) is 6.21. The monoisotopic (exact) mass is 170 g/mol. The van der Waals surface area contributed by atoms with Crippen molar-refractivity contribution in [1.82, 2.24) is 5.43 Å². The van der Waals surface area contributed by atoms with Crippen molar-refractivity contribution in [2.45, 2.75) is 46.6 Å². The van der Waals surface area contributed by atoms with Gasteiger partial charge in [0.15, 0.2) is 0 Å². The maximum Gasteiger partial charge on any atom is 0.0418 e. The van der Waals surface area contributed by atoms with Crippen molar-refractivity contribution < 1.29 is 0 Å². The smallest absolute Gasteiger partial charge is 0.0418 e. The molecule has 0 aliphatic heterocycles. The molecule has 0 saturated carbocycles. The van der Waals surface area contributed by atoms with E-state index in [0.717, 1.165) is 0 Å². The van der Waals surface area contributed by atoms with E-state index >= 15 is 0 Å². The number of nitrogens with two attached hydrogens (primary N) is 1. The van der Waals surface area contributed by atoms with E-state index in [1.807, 2.05) is 0 Å². The third kappa shape index (κ3) is 4.52. The highest BCUT2D eigenvalue weighted by Crippen LogP contribution is 2.12. The summed E-state index contributed by atoms with van der Waals surface area (Å²) in [6, 6.07) is 0.329. The molecule has 0 aromatic heterocycles. The number of nitrogens with one attached hydrogen (secondary N) is 1. The Balaban J connectivity index is 4.05. The summed E-state index contributed by atoms with van der Waals surface area (Å²) in [7, 11) is 0. The molecule has 2 atom stereocenters. The Kier molecular flexibility index (Phi) is 6.03. The summed E-state index contributed by atoms with van der Waals surface area (Å²) < 4.78 is 0. The second-order valence-electron chi connectivity index (χ2n) is 3.70. The molecule has 0 fully saturated rings. The van der Waals surface area contributed by atoms with E-state index in [2.05, 4.69) is 39.2 Å². The van der Waals surface area contributed by atoms with Crippen LogP contribution >= 0.6 is 0 Å². The first-order valence-corrected chi connectivity index (χ1v) is 4.73. The van der Waals surface area contributed by atoms with Gasteiger partial charge >= 0.3 is 0 Å². The minimum Gasteiger partial charge on any atom is -0.271 e. The molecule has 0 spiro atoms. The van der Waals surface area contributed by atoms with Crippen LogP contribution < -0.4 is 11.3 Å². The van der Waals surface area contributed by atoms with Crippen LogP contribution in [0.3, 0.4) is 0 Å². The molecule has 0 radical (unpaired) electrons. The minimum atomic E-state index is 0.329. The van der Waals surface area contributed by atoms with Crippen molar-refractivity contribution in [3.05, 3.63) is 11.6 Å². The van der Waals surface area contributed by atoms with Crippen molar-refractivity contribution >= 4 is 0 Å². The van der Waals surface area contributed by atoms with E-state index in [-0.39, 0.29) is 0 Å². The third-order valence-corrected chi connectivity index (χ3v) is 2.06. The Morgan fingerprint density at radius 2 is 2.08 bits per heavy atom. The lowest BCUT2D eigenvalue weighted by atomic mass is 9.96. The zero-order valence-corrected chi connectivity index (χ0v) is 8.72. The van der Waals surface area contributed by atoms with Gasteiger partial charge in [-0.2, -0.15) is 0 Å². The van der Waals surface area contributed by atoms with E-state index in [1.165, 1.54) is 18.4 Å². The lowest BCUT2D eigenvalue weighted by Crippen LogP contribution is -2.38.